The van der Waals surface area contributed by atoms with Crippen LogP contribution in [0.4, 0.5) is 14.5 Å². The Bertz CT molecular complexity index is 620. The molecule has 1 saturated carbocycles. The number of hydrogen-bond donors (Lipinski definition) is 1. The minimum Gasteiger partial charge on any atom is -0.489 e. The minimum atomic E-state index is -2.49. The molecule has 0 saturated heterocycles. The van der Waals surface area contributed by atoms with E-state index in [0.29, 0.717) is 19.4 Å². The molecule has 1 aliphatic rings. The molecule has 0 radical (unpaired) electrons. The topological polar surface area (TPSA) is 21.3 Å². The first-order chi connectivity index (χ1) is 11.1. The quantitative estimate of drug-likeness (QED) is 0.812. The summed E-state index contributed by atoms with van der Waals surface area (Å²) in [5.41, 5.74) is 2.03. The third kappa shape index (κ3) is 4.68. The lowest BCUT2D eigenvalue weighted by molar-refractivity contribution is -0.0360. The monoisotopic (exact) mass is 317 g/mol. The van der Waals surface area contributed by atoms with E-state index in [1.165, 1.54) is 0 Å². The van der Waals surface area contributed by atoms with Crippen LogP contribution in [0.1, 0.15) is 31.2 Å². The normalized spacial score (nSPS) is 17.7. The van der Waals surface area contributed by atoms with E-state index >= 15 is 0 Å². The van der Waals surface area contributed by atoms with Crippen LogP contribution in [0.2, 0.25) is 0 Å². The van der Waals surface area contributed by atoms with Crippen LogP contribution in [0.3, 0.4) is 0 Å². The number of benzene rings is 2. The predicted octanol–water partition coefficient (Wildman–Crippen LogP) is 5.26. The number of nitrogens with one attached hydrogen (secondary N) is 1. The van der Waals surface area contributed by atoms with Crippen molar-refractivity contribution in [1.82, 2.24) is 0 Å². The third-order valence-corrected chi connectivity index (χ3v) is 4.17. The predicted molar refractivity (Wildman–Crippen MR) is 88.0 cm³/mol. The van der Waals surface area contributed by atoms with E-state index in [4.69, 9.17) is 4.74 Å². The fraction of sp³-hybridized carbons (Fsp3) is 0.368. The molecule has 0 spiro atoms. The Labute approximate surface area is 135 Å². The van der Waals surface area contributed by atoms with E-state index in [1.807, 2.05) is 54.6 Å². The molecule has 1 N–H and O–H groups in total. The highest BCUT2D eigenvalue weighted by atomic mass is 19.3. The van der Waals surface area contributed by atoms with Crippen molar-refractivity contribution in [3.8, 4) is 5.75 Å². The number of hydrogen-bond acceptors (Lipinski definition) is 2. The maximum absolute atomic E-state index is 13.2. The highest BCUT2D eigenvalue weighted by Gasteiger charge is 2.34. The second-order valence-corrected chi connectivity index (χ2v) is 6.08. The molecule has 0 unspecified atom stereocenters. The second-order valence-electron chi connectivity index (χ2n) is 6.08. The van der Waals surface area contributed by atoms with Gasteiger partial charge in [0.1, 0.15) is 12.4 Å². The highest BCUT2D eigenvalue weighted by Crippen LogP contribution is 2.34. The fourth-order valence-electron chi connectivity index (χ4n) is 2.84. The van der Waals surface area contributed by atoms with Gasteiger partial charge < -0.3 is 10.1 Å². The Morgan fingerprint density at radius 2 is 1.74 bits per heavy atom. The Morgan fingerprint density at radius 3 is 2.48 bits per heavy atom. The summed E-state index contributed by atoms with van der Waals surface area (Å²) in [6.45, 7) is 0.514. The first kappa shape index (κ1) is 15.8. The smallest absolute Gasteiger partial charge is 0.248 e. The van der Waals surface area contributed by atoms with E-state index in [9.17, 15) is 8.78 Å². The number of halogens is 2. The Hall–Kier alpha value is -2.10. The van der Waals surface area contributed by atoms with Crippen molar-refractivity contribution in [3.63, 3.8) is 0 Å². The van der Waals surface area contributed by atoms with Crippen LogP contribution in [0.15, 0.2) is 54.6 Å². The SMILES string of the molecule is FC1(F)CCC(Nc2cccc(OCc3ccccc3)c2)CC1. The van der Waals surface area contributed by atoms with Crippen molar-refractivity contribution in [2.24, 2.45) is 0 Å². The molecule has 0 heterocycles. The Morgan fingerprint density at radius 1 is 1.00 bits per heavy atom. The lowest BCUT2D eigenvalue weighted by Gasteiger charge is -2.29. The molecular weight excluding hydrogens is 296 g/mol. The Kier molecular flexibility index (Phi) is 4.79. The average Bonchev–Trinajstić information content (AvgIpc) is 2.56. The molecule has 2 aromatic rings. The molecule has 3 rings (SSSR count). The van der Waals surface area contributed by atoms with Crippen LogP contribution in [0, 0.1) is 0 Å². The van der Waals surface area contributed by atoms with Crippen molar-refractivity contribution in [2.75, 3.05) is 5.32 Å². The first-order valence-electron chi connectivity index (χ1n) is 8.02. The van der Waals surface area contributed by atoms with Crippen LogP contribution in [-0.4, -0.2) is 12.0 Å². The van der Waals surface area contributed by atoms with Crippen LogP contribution in [-0.2, 0) is 6.61 Å². The van der Waals surface area contributed by atoms with E-state index in [-0.39, 0.29) is 18.9 Å². The largest absolute Gasteiger partial charge is 0.489 e. The van der Waals surface area contributed by atoms with Gasteiger partial charge in [-0.25, -0.2) is 8.78 Å². The first-order valence-corrected chi connectivity index (χ1v) is 8.02. The van der Waals surface area contributed by atoms with Crippen LogP contribution >= 0.6 is 0 Å². The summed E-state index contributed by atoms with van der Waals surface area (Å²) in [4.78, 5) is 0. The average molecular weight is 317 g/mol. The number of rotatable bonds is 5. The van der Waals surface area contributed by atoms with Crippen molar-refractivity contribution < 1.29 is 13.5 Å². The number of alkyl halides is 2. The van der Waals surface area contributed by atoms with Gasteiger partial charge in [-0.1, -0.05) is 36.4 Å². The van der Waals surface area contributed by atoms with Crippen LogP contribution in [0.25, 0.3) is 0 Å². The molecule has 0 aromatic heterocycles. The van der Waals surface area contributed by atoms with E-state index in [2.05, 4.69) is 5.32 Å². The molecular formula is C19H21F2NO. The summed E-state index contributed by atoms with van der Waals surface area (Å²) >= 11 is 0. The molecule has 2 aromatic carbocycles. The van der Waals surface area contributed by atoms with Crippen molar-refractivity contribution in [1.29, 1.82) is 0 Å². The van der Waals surface area contributed by atoms with E-state index in [1.54, 1.807) is 0 Å². The summed E-state index contributed by atoms with van der Waals surface area (Å²) in [5, 5.41) is 3.34. The van der Waals surface area contributed by atoms with Gasteiger partial charge in [-0.3, -0.25) is 0 Å². The molecule has 4 heteroatoms. The van der Waals surface area contributed by atoms with E-state index in [0.717, 1.165) is 17.0 Å². The minimum absolute atomic E-state index is 0.0329. The van der Waals surface area contributed by atoms with Crippen molar-refractivity contribution >= 4 is 5.69 Å². The summed E-state index contributed by atoms with van der Waals surface area (Å²) in [6.07, 6.45) is 0.938. The molecule has 0 amide bonds. The fourth-order valence-corrected chi connectivity index (χ4v) is 2.84. The van der Waals surface area contributed by atoms with Crippen LogP contribution < -0.4 is 10.1 Å². The molecule has 0 atom stereocenters. The number of ether oxygens (including phenoxy) is 1. The lowest BCUT2D eigenvalue weighted by atomic mass is 9.92. The third-order valence-electron chi connectivity index (χ3n) is 4.17. The zero-order chi connectivity index (χ0) is 16.1. The maximum atomic E-state index is 13.2. The molecule has 23 heavy (non-hydrogen) atoms. The van der Waals surface area contributed by atoms with Gasteiger partial charge in [-0.2, -0.15) is 0 Å². The van der Waals surface area contributed by atoms with Gasteiger partial charge in [0.15, 0.2) is 0 Å². The summed E-state index contributed by atoms with van der Waals surface area (Å²) < 4.78 is 32.2. The summed E-state index contributed by atoms with van der Waals surface area (Å²) in [5.74, 6) is -1.71. The summed E-state index contributed by atoms with van der Waals surface area (Å²) in [6, 6.07) is 17.8. The van der Waals surface area contributed by atoms with Gasteiger partial charge in [-0.05, 0) is 30.5 Å². The zero-order valence-electron chi connectivity index (χ0n) is 13.0. The molecule has 122 valence electrons. The van der Waals surface area contributed by atoms with Gasteiger partial charge in [0.05, 0.1) is 0 Å². The molecule has 0 aliphatic heterocycles. The van der Waals surface area contributed by atoms with Crippen molar-refractivity contribution in [2.45, 2.75) is 44.3 Å². The molecule has 1 fully saturated rings. The zero-order valence-corrected chi connectivity index (χ0v) is 13.0. The molecule has 0 bridgehead atoms. The summed E-state index contributed by atoms with van der Waals surface area (Å²) in [7, 11) is 0. The lowest BCUT2D eigenvalue weighted by Crippen LogP contribution is -2.31. The number of anilines is 1. The highest BCUT2D eigenvalue weighted by molar-refractivity contribution is 5.49. The van der Waals surface area contributed by atoms with Gasteiger partial charge in [0, 0.05) is 30.6 Å². The van der Waals surface area contributed by atoms with Crippen molar-refractivity contribution in [3.05, 3.63) is 60.2 Å². The van der Waals surface area contributed by atoms with E-state index < -0.39 is 5.92 Å². The second kappa shape index (κ2) is 6.99. The van der Waals surface area contributed by atoms with Gasteiger partial charge in [0.25, 0.3) is 0 Å². The Balaban J connectivity index is 1.55. The van der Waals surface area contributed by atoms with Gasteiger partial charge >= 0.3 is 0 Å². The van der Waals surface area contributed by atoms with Gasteiger partial charge in [-0.15, -0.1) is 0 Å². The van der Waals surface area contributed by atoms with Crippen LogP contribution in [0.5, 0.6) is 5.75 Å². The molecule has 2 nitrogen and oxygen atoms in total. The maximum Gasteiger partial charge on any atom is 0.248 e. The molecule has 1 aliphatic carbocycles. The van der Waals surface area contributed by atoms with Gasteiger partial charge in [0.2, 0.25) is 5.92 Å². The standard InChI is InChI=1S/C19H21F2NO/c20-19(21)11-9-16(10-12-19)22-17-7-4-8-18(13-17)23-14-15-5-2-1-3-6-15/h1-8,13,16,22H,9-12,14H2.